The van der Waals surface area contributed by atoms with Gasteiger partial charge in [-0.2, -0.15) is 11.8 Å². The maximum absolute atomic E-state index is 14.4. The van der Waals surface area contributed by atoms with Crippen LogP contribution in [0.5, 0.6) is 17.2 Å². The van der Waals surface area contributed by atoms with Crippen molar-refractivity contribution in [1.29, 1.82) is 0 Å². The predicted octanol–water partition coefficient (Wildman–Crippen LogP) is -0.241. The molecule has 4 rings (SSSR count). The number of rotatable bonds is 28. The van der Waals surface area contributed by atoms with Crippen molar-refractivity contribution in [1.82, 2.24) is 37.2 Å². The number of phenolic OH excluding ortho intramolecular Hbond substituents is 3. The fourth-order valence-electron chi connectivity index (χ4n) is 7.19. The van der Waals surface area contributed by atoms with Crippen LogP contribution in [0.25, 0.3) is 0 Å². The topological polar surface area (TPSA) is 365 Å². The van der Waals surface area contributed by atoms with Gasteiger partial charge in [-0.3, -0.25) is 38.4 Å². The summed E-state index contributed by atoms with van der Waals surface area (Å²) < 4.78 is 0. The number of benzene rings is 4. The van der Waals surface area contributed by atoms with Crippen molar-refractivity contribution in [3.63, 3.8) is 0 Å². The van der Waals surface area contributed by atoms with E-state index in [9.17, 15) is 68.7 Å². The van der Waals surface area contributed by atoms with Crippen LogP contribution in [0.2, 0.25) is 0 Å². The molecule has 22 nitrogen and oxygen atoms in total. The number of nitrogens with one attached hydrogen (secondary N) is 7. The van der Waals surface area contributed by atoms with Crippen LogP contribution in [-0.4, -0.2) is 140 Å². The van der Waals surface area contributed by atoms with Crippen LogP contribution in [0.3, 0.4) is 0 Å². The Morgan fingerprint density at radius 1 is 0.466 bits per heavy atom. The van der Waals surface area contributed by atoms with Gasteiger partial charge >= 0.3 is 11.9 Å². The minimum atomic E-state index is -1.80. The summed E-state index contributed by atoms with van der Waals surface area (Å²) in [5.74, 6) is -9.11. The number of carbonyl (C=O) groups is 9. The third-order valence-electron chi connectivity index (χ3n) is 11.1. The van der Waals surface area contributed by atoms with E-state index in [1.807, 2.05) is 0 Å². The lowest BCUT2D eigenvalue weighted by molar-refractivity contribution is -0.143. The third-order valence-corrected chi connectivity index (χ3v) is 11.8. The zero-order valence-corrected chi connectivity index (χ0v) is 40.7. The van der Waals surface area contributed by atoms with Crippen LogP contribution in [0.1, 0.15) is 42.0 Å². The van der Waals surface area contributed by atoms with Crippen LogP contribution in [0, 0.1) is 0 Å². The molecule has 0 aliphatic rings. The van der Waals surface area contributed by atoms with Gasteiger partial charge in [0.05, 0.1) is 13.0 Å². The smallest absolute Gasteiger partial charge is 0.326 e. The number of aromatic hydroxyl groups is 3. The molecule has 73 heavy (non-hydrogen) atoms. The second kappa shape index (κ2) is 28.6. The number of hydrogen-bond acceptors (Lipinski definition) is 14. The van der Waals surface area contributed by atoms with Crippen molar-refractivity contribution in [3.05, 3.63) is 125 Å². The number of carboxylic acids is 2. The molecule has 0 aliphatic heterocycles. The normalized spacial score (nSPS) is 13.7. The van der Waals surface area contributed by atoms with Crippen LogP contribution >= 0.6 is 11.8 Å². The zero-order chi connectivity index (χ0) is 53.6. The molecule has 0 saturated heterocycles. The molecule has 0 fully saturated rings. The zero-order valence-electron chi connectivity index (χ0n) is 39.9. The molecule has 0 spiro atoms. The Bertz CT molecular complexity index is 2540. The van der Waals surface area contributed by atoms with Crippen LogP contribution in [0.15, 0.2) is 103 Å². The third kappa shape index (κ3) is 19.5. The first-order chi connectivity index (χ1) is 34.7. The van der Waals surface area contributed by atoms with Crippen LogP contribution in [-0.2, 0) is 68.8 Å². The molecular formula is C50H60N8O14S. The average molecular weight is 1030 g/mol. The number of carbonyl (C=O) groups excluding carboxylic acids is 7. The summed E-state index contributed by atoms with van der Waals surface area (Å²) >= 11 is 1.30. The number of carboxylic acid groups (broad SMARTS) is 2. The van der Waals surface area contributed by atoms with Crippen molar-refractivity contribution in [2.24, 2.45) is 5.73 Å². The first-order valence-electron chi connectivity index (χ1n) is 22.9. The second-order valence-corrected chi connectivity index (χ2v) is 17.9. The van der Waals surface area contributed by atoms with Gasteiger partial charge in [-0.05, 0) is 84.0 Å². The van der Waals surface area contributed by atoms with Gasteiger partial charge in [0.25, 0.3) is 0 Å². The van der Waals surface area contributed by atoms with Crippen molar-refractivity contribution in [3.8, 4) is 17.2 Å². The largest absolute Gasteiger partial charge is 0.508 e. The molecule has 390 valence electrons. The van der Waals surface area contributed by atoms with E-state index in [1.165, 1.54) is 79.3 Å². The quantitative estimate of drug-likeness (QED) is 0.0349. The molecule has 0 aromatic heterocycles. The highest BCUT2D eigenvalue weighted by Crippen LogP contribution is 2.16. The van der Waals surface area contributed by atoms with E-state index in [0.29, 0.717) is 22.3 Å². The van der Waals surface area contributed by atoms with Gasteiger partial charge in [0, 0.05) is 25.7 Å². The lowest BCUT2D eigenvalue weighted by atomic mass is 10.0. The number of hydrogen-bond donors (Lipinski definition) is 13. The Balaban J connectivity index is 1.54. The van der Waals surface area contributed by atoms with E-state index < -0.39 is 109 Å². The fraction of sp³-hybridized carbons (Fsp3) is 0.340. The molecule has 7 amide bonds. The summed E-state index contributed by atoms with van der Waals surface area (Å²) in [6.45, 7) is 0.843. The first kappa shape index (κ1) is 57.4. The summed E-state index contributed by atoms with van der Waals surface area (Å²) in [7, 11) is 0. The van der Waals surface area contributed by atoms with E-state index in [0.717, 1.165) is 0 Å². The van der Waals surface area contributed by atoms with Gasteiger partial charge in [0.1, 0.15) is 59.5 Å². The first-order valence-corrected chi connectivity index (χ1v) is 24.3. The number of nitrogens with two attached hydrogens (primary N) is 1. The van der Waals surface area contributed by atoms with E-state index >= 15 is 0 Å². The SMILES string of the molecule is CSCC[C@H](NC(=O)[C@H](C)NC(=O)[C@H](Cc1ccc(O)cc1)NC(=O)[C@H](Cc1ccccc1)NC(=O)[C@H](Cc1ccc(O)cc1)NC(=O)CN)C(=O)N[C@@H](CC(=O)O)C(=O)N[C@@H](Cc1ccc(O)cc1)C(=O)O. The molecule has 0 radical (unpaired) electrons. The monoisotopic (exact) mass is 1030 g/mol. The molecule has 4 aromatic carbocycles. The molecule has 0 aliphatic carbocycles. The number of amides is 7. The van der Waals surface area contributed by atoms with E-state index in [4.69, 9.17) is 5.73 Å². The van der Waals surface area contributed by atoms with E-state index in [2.05, 4.69) is 37.2 Å². The highest BCUT2D eigenvalue weighted by atomic mass is 32.2. The summed E-state index contributed by atoms with van der Waals surface area (Å²) in [4.78, 5) is 120. The van der Waals surface area contributed by atoms with Gasteiger partial charge in [-0.25, -0.2) is 4.79 Å². The Labute approximate surface area is 424 Å². The van der Waals surface area contributed by atoms with Gasteiger partial charge in [-0.1, -0.05) is 66.7 Å². The highest BCUT2D eigenvalue weighted by Gasteiger charge is 2.34. The van der Waals surface area contributed by atoms with Crippen molar-refractivity contribution >= 4 is 65.1 Å². The molecule has 0 saturated carbocycles. The van der Waals surface area contributed by atoms with E-state index in [1.54, 1.807) is 48.7 Å². The van der Waals surface area contributed by atoms with Crippen LogP contribution in [0.4, 0.5) is 0 Å². The van der Waals surface area contributed by atoms with Gasteiger partial charge in [0.15, 0.2) is 0 Å². The highest BCUT2D eigenvalue weighted by molar-refractivity contribution is 7.98. The predicted molar refractivity (Wildman–Crippen MR) is 267 cm³/mol. The molecule has 14 N–H and O–H groups in total. The lowest BCUT2D eigenvalue weighted by Crippen LogP contribution is -2.60. The molecule has 7 atom stereocenters. The average Bonchev–Trinajstić information content (AvgIpc) is 3.35. The van der Waals surface area contributed by atoms with Gasteiger partial charge in [-0.15, -0.1) is 0 Å². The van der Waals surface area contributed by atoms with E-state index in [-0.39, 0.29) is 55.1 Å². The summed E-state index contributed by atoms with van der Waals surface area (Å²) in [6, 6.07) is 15.5. The second-order valence-electron chi connectivity index (χ2n) is 16.9. The Kier molecular flexibility index (Phi) is 22.5. The summed E-state index contributed by atoms with van der Waals surface area (Å²) in [5.41, 5.74) is 7.59. The molecular weight excluding hydrogens is 969 g/mol. The number of aliphatic carboxylic acids is 2. The summed E-state index contributed by atoms with van der Waals surface area (Å²) in [6.07, 6.45) is 0.114. The molecule has 0 unspecified atom stereocenters. The minimum absolute atomic E-state index is 0.0276. The Morgan fingerprint density at radius 2 is 0.822 bits per heavy atom. The minimum Gasteiger partial charge on any atom is -0.508 e. The van der Waals surface area contributed by atoms with Crippen LogP contribution < -0.4 is 43.0 Å². The van der Waals surface area contributed by atoms with Crippen molar-refractivity contribution < 1.29 is 68.7 Å². The molecule has 23 heteroatoms. The van der Waals surface area contributed by atoms with Crippen molar-refractivity contribution in [2.45, 2.75) is 87.7 Å². The Morgan fingerprint density at radius 3 is 1.25 bits per heavy atom. The van der Waals surface area contributed by atoms with Crippen molar-refractivity contribution in [2.75, 3.05) is 18.6 Å². The summed E-state index contributed by atoms with van der Waals surface area (Å²) in [5, 5.41) is 66.3. The molecule has 4 aromatic rings. The number of phenols is 3. The molecule has 0 bridgehead atoms. The standard InChI is InChI=1S/C50H60N8O14S/c1-28(44(65)54-36(20-21-73-2)45(66)57-40(26-43(63)64)49(70)58-41(50(71)72)25-32-12-18-35(61)19-13-32)52-46(67)38(24-31-10-16-34(60)17-11-31)55-48(69)39(22-29-6-4-3-5-7-29)56-47(68)37(53-42(62)27-51)23-30-8-14-33(59)15-9-30/h3-19,28,36-41,59-61H,20-27,51H2,1-2H3,(H,52,67)(H,53,62)(H,54,65)(H,55,69)(H,56,68)(H,57,66)(H,58,70)(H,63,64)(H,71,72)/t28-,36-,37-,38-,39-,40-,41-/m0/s1. The fourth-order valence-corrected chi connectivity index (χ4v) is 7.66. The lowest BCUT2D eigenvalue weighted by Gasteiger charge is -2.27. The maximum atomic E-state index is 14.4. The Hall–Kier alpha value is -8.18. The maximum Gasteiger partial charge on any atom is 0.326 e. The van der Waals surface area contributed by atoms with Gasteiger partial charge in [0.2, 0.25) is 41.4 Å². The van der Waals surface area contributed by atoms with Gasteiger partial charge < -0.3 is 68.5 Å². The molecule has 0 heterocycles. The number of thioether (sulfide) groups is 1.